The summed E-state index contributed by atoms with van der Waals surface area (Å²) in [6, 6.07) is 5.73. The van der Waals surface area contributed by atoms with Crippen LogP contribution in [0.4, 0.5) is 0 Å². The minimum Gasteiger partial charge on any atom is -0.334 e. The van der Waals surface area contributed by atoms with Crippen molar-refractivity contribution in [2.24, 2.45) is 5.92 Å². The van der Waals surface area contributed by atoms with Crippen LogP contribution >= 0.6 is 11.6 Å². The Bertz CT molecular complexity index is 591. The van der Waals surface area contributed by atoms with Crippen LogP contribution < -0.4 is 5.32 Å². The molecule has 2 heterocycles. The van der Waals surface area contributed by atoms with Gasteiger partial charge in [-0.1, -0.05) is 22.8 Å². The zero-order valence-corrected chi connectivity index (χ0v) is 12.3. The first-order valence-corrected chi connectivity index (χ1v) is 7.40. The number of rotatable bonds is 3. The van der Waals surface area contributed by atoms with E-state index in [0.29, 0.717) is 11.8 Å². The summed E-state index contributed by atoms with van der Waals surface area (Å²) in [7, 11) is 0. The van der Waals surface area contributed by atoms with Crippen molar-refractivity contribution in [2.45, 2.75) is 26.2 Å². The van der Waals surface area contributed by atoms with Gasteiger partial charge in [0.2, 0.25) is 0 Å². The van der Waals surface area contributed by atoms with E-state index in [-0.39, 0.29) is 0 Å². The lowest BCUT2D eigenvalue weighted by atomic mass is 9.96. The smallest absolute Gasteiger partial charge is 0.258 e. The zero-order chi connectivity index (χ0) is 13.9. The molecule has 0 saturated carbocycles. The van der Waals surface area contributed by atoms with Gasteiger partial charge >= 0.3 is 0 Å². The monoisotopic (exact) mass is 291 g/mol. The number of hydrogen-bond acceptors (Lipinski definition) is 4. The summed E-state index contributed by atoms with van der Waals surface area (Å²) >= 11 is 6.13. The van der Waals surface area contributed by atoms with E-state index in [4.69, 9.17) is 16.1 Å². The second-order valence-electron chi connectivity index (χ2n) is 5.34. The normalized spacial score (nSPS) is 19.2. The van der Waals surface area contributed by atoms with Gasteiger partial charge in [0, 0.05) is 17.0 Å². The first-order valence-electron chi connectivity index (χ1n) is 7.03. The van der Waals surface area contributed by atoms with Crippen LogP contribution in [0.1, 0.15) is 24.2 Å². The molecule has 1 atom stereocenters. The van der Waals surface area contributed by atoms with Crippen LogP contribution in [0.3, 0.4) is 0 Å². The molecule has 5 heteroatoms. The predicted molar refractivity (Wildman–Crippen MR) is 78.8 cm³/mol. The van der Waals surface area contributed by atoms with Gasteiger partial charge in [0.15, 0.2) is 5.82 Å². The van der Waals surface area contributed by atoms with Crippen molar-refractivity contribution in [2.75, 3.05) is 13.1 Å². The molecule has 3 rings (SSSR count). The third-order valence-corrected chi connectivity index (χ3v) is 4.25. The Hall–Kier alpha value is -1.39. The lowest BCUT2D eigenvalue weighted by Gasteiger charge is -2.20. The Kier molecular flexibility index (Phi) is 4.03. The molecule has 1 unspecified atom stereocenters. The molecule has 2 aromatic rings. The molecular weight excluding hydrogens is 274 g/mol. The molecule has 0 radical (unpaired) electrons. The Balaban J connectivity index is 1.77. The van der Waals surface area contributed by atoms with Crippen LogP contribution in [0.5, 0.6) is 0 Å². The number of nitrogens with zero attached hydrogens (tertiary/aromatic N) is 2. The fraction of sp³-hybridized carbons (Fsp3) is 0.467. The highest BCUT2D eigenvalue weighted by Crippen LogP contribution is 2.27. The van der Waals surface area contributed by atoms with Crippen molar-refractivity contribution in [3.8, 4) is 11.5 Å². The maximum atomic E-state index is 6.13. The van der Waals surface area contributed by atoms with E-state index < -0.39 is 0 Å². The number of aromatic nitrogens is 2. The molecule has 1 saturated heterocycles. The molecule has 0 bridgehead atoms. The van der Waals surface area contributed by atoms with E-state index in [1.165, 1.54) is 12.8 Å². The van der Waals surface area contributed by atoms with E-state index in [1.54, 1.807) is 0 Å². The van der Waals surface area contributed by atoms with Crippen molar-refractivity contribution in [1.82, 2.24) is 15.5 Å². The minimum absolute atomic E-state index is 0.559. The van der Waals surface area contributed by atoms with E-state index in [9.17, 15) is 0 Å². The highest BCUT2D eigenvalue weighted by molar-refractivity contribution is 6.31. The number of hydrogen-bond donors (Lipinski definition) is 1. The van der Waals surface area contributed by atoms with Gasteiger partial charge in [0.05, 0.1) is 0 Å². The number of benzene rings is 1. The van der Waals surface area contributed by atoms with Gasteiger partial charge in [0.1, 0.15) is 0 Å². The summed E-state index contributed by atoms with van der Waals surface area (Å²) in [5.74, 6) is 1.95. The van der Waals surface area contributed by atoms with Gasteiger partial charge in [-0.3, -0.25) is 0 Å². The Morgan fingerprint density at radius 2 is 2.35 bits per heavy atom. The Morgan fingerprint density at radius 1 is 1.45 bits per heavy atom. The standard InChI is InChI=1S/C15H18ClN3O/c1-10-12(5-2-6-13(10)16)15-18-14(19-20-15)8-11-4-3-7-17-9-11/h2,5-6,11,17H,3-4,7-9H2,1H3. The van der Waals surface area contributed by atoms with Crippen LogP contribution in [0.2, 0.25) is 5.02 Å². The molecular formula is C15H18ClN3O. The largest absolute Gasteiger partial charge is 0.334 e. The molecule has 106 valence electrons. The lowest BCUT2D eigenvalue weighted by molar-refractivity contribution is 0.360. The SMILES string of the molecule is Cc1c(Cl)cccc1-c1nc(CC2CCCNC2)no1. The van der Waals surface area contributed by atoms with Crippen molar-refractivity contribution in [1.29, 1.82) is 0 Å². The fourth-order valence-electron chi connectivity index (χ4n) is 2.64. The van der Waals surface area contributed by atoms with Gasteiger partial charge < -0.3 is 9.84 Å². The summed E-state index contributed by atoms with van der Waals surface area (Å²) in [4.78, 5) is 4.51. The van der Waals surface area contributed by atoms with Crippen LogP contribution in [0, 0.1) is 12.8 Å². The second kappa shape index (κ2) is 5.94. The Morgan fingerprint density at radius 3 is 3.15 bits per heavy atom. The highest BCUT2D eigenvalue weighted by Gasteiger charge is 2.18. The van der Waals surface area contributed by atoms with Crippen molar-refractivity contribution < 1.29 is 4.52 Å². The molecule has 0 amide bonds. The average molecular weight is 292 g/mol. The summed E-state index contributed by atoms with van der Waals surface area (Å²) in [6.45, 7) is 4.13. The third-order valence-electron chi connectivity index (χ3n) is 3.84. The minimum atomic E-state index is 0.559. The molecule has 1 fully saturated rings. The topological polar surface area (TPSA) is 51.0 Å². The second-order valence-corrected chi connectivity index (χ2v) is 5.75. The first kappa shape index (κ1) is 13.6. The van der Waals surface area contributed by atoms with E-state index in [1.807, 2.05) is 25.1 Å². The van der Waals surface area contributed by atoms with Gasteiger partial charge in [-0.25, -0.2) is 0 Å². The molecule has 1 N–H and O–H groups in total. The van der Waals surface area contributed by atoms with Crippen LogP contribution in [0.15, 0.2) is 22.7 Å². The van der Waals surface area contributed by atoms with Gasteiger partial charge in [0.25, 0.3) is 5.89 Å². The van der Waals surface area contributed by atoms with Crippen molar-refractivity contribution in [3.63, 3.8) is 0 Å². The summed E-state index contributed by atoms with van der Waals surface area (Å²) in [5.41, 5.74) is 1.89. The summed E-state index contributed by atoms with van der Waals surface area (Å²) < 4.78 is 5.39. The van der Waals surface area contributed by atoms with Crippen LogP contribution in [-0.4, -0.2) is 23.2 Å². The third kappa shape index (κ3) is 2.86. The van der Waals surface area contributed by atoms with E-state index in [0.717, 1.165) is 41.5 Å². The quantitative estimate of drug-likeness (QED) is 0.943. The van der Waals surface area contributed by atoms with Gasteiger partial charge in [-0.2, -0.15) is 4.98 Å². The Labute approximate surface area is 123 Å². The number of nitrogens with one attached hydrogen (secondary N) is 1. The zero-order valence-electron chi connectivity index (χ0n) is 11.5. The molecule has 1 aliphatic heterocycles. The first-order chi connectivity index (χ1) is 9.74. The van der Waals surface area contributed by atoms with Crippen LogP contribution in [-0.2, 0) is 6.42 Å². The average Bonchev–Trinajstić information content (AvgIpc) is 2.91. The molecule has 1 aliphatic rings. The van der Waals surface area contributed by atoms with E-state index >= 15 is 0 Å². The summed E-state index contributed by atoms with van der Waals surface area (Å²) in [5, 5.41) is 8.23. The molecule has 0 aliphatic carbocycles. The number of piperidine rings is 1. The molecule has 4 nitrogen and oxygen atoms in total. The maximum Gasteiger partial charge on any atom is 0.258 e. The fourth-order valence-corrected chi connectivity index (χ4v) is 2.82. The van der Waals surface area contributed by atoms with Crippen LogP contribution in [0.25, 0.3) is 11.5 Å². The van der Waals surface area contributed by atoms with Crippen molar-refractivity contribution in [3.05, 3.63) is 34.6 Å². The number of halogens is 1. The van der Waals surface area contributed by atoms with Gasteiger partial charge in [-0.15, -0.1) is 0 Å². The molecule has 1 aromatic carbocycles. The van der Waals surface area contributed by atoms with E-state index in [2.05, 4.69) is 15.5 Å². The van der Waals surface area contributed by atoms with Gasteiger partial charge in [-0.05, 0) is 56.5 Å². The van der Waals surface area contributed by atoms with Crippen molar-refractivity contribution >= 4 is 11.6 Å². The predicted octanol–water partition coefficient (Wildman–Crippen LogP) is 3.24. The molecule has 20 heavy (non-hydrogen) atoms. The molecule has 0 spiro atoms. The summed E-state index contributed by atoms with van der Waals surface area (Å²) in [6.07, 6.45) is 3.33. The maximum absolute atomic E-state index is 6.13. The highest BCUT2D eigenvalue weighted by atomic mass is 35.5. The lowest BCUT2D eigenvalue weighted by Crippen LogP contribution is -2.31. The molecule has 1 aromatic heterocycles.